The van der Waals surface area contributed by atoms with Gasteiger partial charge in [0, 0.05) is 21.3 Å². The summed E-state index contributed by atoms with van der Waals surface area (Å²) in [6.07, 6.45) is 2.83. The monoisotopic (exact) mass is 303 g/mol. The van der Waals surface area contributed by atoms with Crippen LogP contribution in [0.5, 0.6) is 0 Å². The Labute approximate surface area is 109 Å². The molecule has 1 aliphatic carbocycles. The van der Waals surface area contributed by atoms with Crippen molar-refractivity contribution in [3.63, 3.8) is 0 Å². The Balaban J connectivity index is 2.26. The number of aliphatic hydroxyl groups is 1. The number of thiophene rings is 1. The predicted octanol–water partition coefficient (Wildman–Crippen LogP) is 3.31. The van der Waals surface area contributed by atoms with Crippen molar-refractivity contribution < 1.29 is 5.11 Å². The van der Waals surface area contributed by atoms with Crippen LogP contribution < -0.4 is 5.73 Å². The van der Waals surface area contributed by atoms with Gasteiger partial charge in [0.05, 0.1) is 6.10 Å². The Morgan fingerprint density at radius 2 is 2.50 bits per heavy atom. The molecule has 1 aromatic rings. The minimum atomic E-state index is -0.420. The van der Waals surface area contributed by atoms with Crippen molar-refractivity contribution in [3.05, 3.63) is 20.8 Å². The molecule has 0 aromatic carbocycles. The van der Waals surface area contributed by atoms with Gasteiger partial charge in [-0.15, -0.1) is 11.3 Å². The fraction of sp³-hybridized carbons (Fsp3) is 0.667. The lowest BCUT2D eigenvalue weighted by molar-refractivity contribution is 0.0331. The van der Waals surface area contributed by atoms with Crippen molar-refractivity contribution in [1.29, 1.82) is 0 Å². The first-order valence-corrected chi connectivity index (χ1v) is 7.37. The van der Waals surface area contributed by atoms with Gasteiger partial charge >= 0.3 is 0 Å². The molecular formula is C12H18BrNOS. The van der Waals surface area contributed by atoms with Crippen molar-refractivity contribution in [3.8, 4) is 0 Å². The normalized spacial score (nSPS) is 31.9. The third kappa shape index (κ3) is 2.08. The molecule has 0 spiro atoms. The van der Waals surface area contributed by atoms with Crippen molar-refractivity contribution >= 4 is 27.3 Å². The summed E-state index contributed by atoms with van der Waals surface area (Å²) in [4.78, 5) is 1.03. The van der Waals surface area contributed by atoms with E-state index in [9.17, 15) is 5.11 Å². The first-order valence-electron chi connectivity index (χ1n) is 5.70. The van der Waals surface area contributed by atoms with Crippen LogP contribution in [-0.4, -0.2) is 11.7 Å². The van der Waals surface area contributed by atoms with E-state index in [-0.39, 0.29) is 5.41 Å². The quantitative estimate of drug-likeness (QED) is 0.900. The maximum atomic E-state index is 10.6. The van der Waals surface area contributed by atoms with Crippen LogP contribution in [0.3, 0.4) is 0 Å². The molecule has 16 heavy (non-hydrogen) atoms. The maximum absolute atomic E-state index is 10.6. The smallest absolute Gasteiger partial charge is 0.0961 e. The lowest BCUT2D eigenvalue weighted by Gasteiger charge is -2.33. The second kappa shape index (κ2) is 4.77. The van der Waals surface area contributed by atoms with Crippen LogP contribution in [0, 0.1) is 11.3 Å². The van der Waals surface area contributed by atoms with E-state index >= 15 is 0 Å². The van der Waals surface area contributed by atoms with Crippen molar-refractivity contribution in [1.82, 2.24) is 0 Å². The molecule has 1 aromatic heterocycles. The third-order valence-electron chi connectivity index (χ3n) is 3.77. The molecule has 2 rings (SSSR count). The van der Waals surface area contributed by atoms with E-state index in [1.165, 1.54) is 6.42 Å². The van der Waals surface area contributed by atoms with Gasteiger partial charge in [-0.3, -0.25) is 0 Å². The molecule has 0 saturated heterocycles. The Kier molecular flexibility index (Phi) is 3.74. The molecule has 3 unspecified atom stereocenters. The summed E-state index contributed by atoms with van der Waals surface area (Å²) in [7, 11) is 0. The Morgan fingerprint density at radius 1 is 1.75 bits per heavy atom. The van der Waals surface area contributed by atoms with E-state index in [0.29, 0.717) is 12.5 Å². The third-order valence-corrected chi connectivity index (χ3v) is 5.69. The molecule has 0 aliphatic heterocycles. The SMILES string of the molecule is CC1CCC(CN)(C(O)c2sccc2Br)C1. The van der Waals surface area contributed by atoms with Crippen LogP contribution in [0.4, 0.5) is 0 Å². The van der Waals surface area contributed by atoms with Gasteiger partial charge in [-0.2, -0.15) is 0 Å². The van der Waals surface area contributed by atoms with Crippen molar-refractivity contribution in [2.75, 3.05) is 6.54 Å². The highest BCUT2D eigenvalue weighted by molar-refractivity contribution is 9.10. The molecule has 3 atom stereocenters. The van der Waals surface area contributed by atoms with E-state index in [2.05, 4.69) is 22.9 Å². The second-order valence-electron chi connectivity index (χ2n) is 4.95. The largest absolute Gasteiger partial charge is 0.387 e. The molecule has 1 saturated carbocycles. The Bertz CT molecular complexity index is 368. The number of rotatable bonds is 3. The average molecular weight is 304 g/mol. The highest BCUT2D eigenvalue weighted by Crippen LogP contribution is 2.51. The summed E-state index contributed by atoms with van der Waals surface area (Å²) < 4.78 is 1.01. The number of hydrogen-bond acceptors (Lipinski definition) is 3. The van der Waals surface area contributed by atoms with Gasteiger partial charge in [-0.05, 0) is 46.1 Å². The standard InChI is InChI=1S/C12H18BrNOS/c1-8-2-4-12(6-8,7-14)11(15)10-9(13)3-5-16-10/h3,5,8,11,15H,2,4,6-7,14H2,1H3. The first-order chi connectivity index (χ1) is 7.59. The second-order valence-corrected chi connectivity index (χ2v) is 6.75. The summed E-state index contributed by atoms with van der Waals surface area (Å²) in [5.74, 6) is 0.678. The Hall–Kier alpha value is 0.100. The van der Waals surface area contributed by atoms with E-state index < -0.39 is 6.10 Å². The van der Waals surface area contributed by atoms with E-state index in [0.717, 1.165) is 22.2 Å². The summed E-state index contributed by atoms with van der Waals surface area (Å²) >= 11 is 5.10. The first kappa shape index (κ1) is 12.6. The number of hydrogen-bond donors (Lipinski definition) is 2. The lowest BCUT2D eigenvalue weighted by atomic mass is 9.79. The Morgan fingerprint density at radius 3 is 2.94 bits per heavy atom. The van der Waals surface area contributed by atoms with Gasteiger partial charge in [0.2, 0.25) is 0 Å². The molecule has 0 amide bonds. The molecule has 4 heteroatoms. The minimum absolute atomic E-state index is 0.104. The van der Waals surface area contributed by atoms with Crippen LogP contribution in [0.1, 0.15) is 37.2 Å². The summed E-state index contributed by atoms with van der Waals surface area (Å²) in [5.41, 5.74) is 5.81. The van der Waals surface area contributed by atoms with Gasteiger partial charge in [0.1, 0.15) is 0 Å². The van der Waals surface area contributed by atoms with Crippen molar-refractivity contribution in [2.24, 2.45) is 17.1 Å². The topological polar surface area (TPSA) is 46.2 Å². The predicted molar refractivity (Wildman–Crippen MR) is 71.5 cm³/mol. The van der Waals surface area contributed by atoms with Gasteiger partial charge in [0.25, 0.3) is 0 Å². The fourth-order valence-corrected chi connectivity index (χ4v) is 4.47. The minimum Gasteiger partial charge on any atom is -0.387 e. The lowest BCUT2D eigenvalue weighted by Crippen LogP contribution is -2.34. The summed E-state index contributed by atoms with van der Waals surface area (Å²) in [6.45, 7) is 2.82. The molecule has 1 aliphatic rings. The molecule has 1 fully saturated rings. The number of nitrogens with two attached hydrogens (primary N) is 1. The van der Waals surface area contributed by atoms with E-state index in [1.54, 1.807) is 11.3 Å². The van der Waals surface area contributed by atoms with Crippen LogP contribution in [0.2, 0.25) is 0 Å². The maximum Gasteiger partial charge on any atom is 0.0961 e. The highest BCUT2D eigenvalue weighted by atomic mass is 79.9. The summed E-state index contributed by atoms with van der Waals surface area (Å²) in [6, 6.07) is 1.99. The van der Waals surface area contributed by atoms with Gasteiger partial charge in [0.15, 0.2) is 0 Å². The van der Waals surface area contributed by atoms with Gasteiger partial charge in [-0.1, -0.05) is 13.3 Å². The summed E-state index contributed by atoms with van der Waals surface area (Å²) in [5, 5.41) is 12.6. The molecule has 3 N–H and O–H groups in total. The van der Waals surface area contributed by atoms with Crippen LogP contribution in [-0.2, 0) is 0 Å². The van der Waals surface area contributed by atoms with Crippen molar-refractivity contribution in [2.45, 2.75) is 32.3 Å². The molecule has 0 bridgehead atoms. The average Bonchev–Trinajstić information content (AvgIpc) is 2.84. The number of halogens is 1. The van der Waals surface area contributed by atoms with Gasteiger partial charge in [-0.25, -0.2) is 0 Å². The molecule has 0 radical (unpaired) electrons. The van der Waals surface area contributed by atoms with Crippen LogP contribution in [0.25, 0.3) is 0 Å². The van der Waals surface area contributed by atoms with E-state index in [1.807, 2.05) is 11.4 Å². The molecular weight excluding hydrogens is 286 g/mol. The molecule has 1 heterocycles. The fourth-order valence-electron chi connectivity index (χ4n) is 2.76. The zero-order valence-electron chi connectivity index (χ0n) is 9.45. The zero-order chi connectivity index (χ0) is 11.8. The molecule has 2 nitrogen and oxygen atoms in total. The van der Waals surface area contributed by atoms with Crippen LogP contribution in [0.15, 0.2) is 15.9 Å². The molecule has 90 valence electrons. The van der Waals surface area contributed by atoms with E-state index in [4.69, 9.17) is 5.73 Å². The highest BCUT2D eigenvalue weighted by Gasteiger charge is 2.43. The zero-order valence-corrected chi connectivity index (χ0v) is 11.9. The van der Waals surface area contributed by atoms with Gasteiger partial charge < -0.3 is 10.8 Å². The number of aliphatic hydroxyl groups excluding tert-OH is 1. The van der Waals surface area contributed by atoms with Crippen LogP contribution >= 0.6 is 27.3 Å².